The number of rotatable bonds is 5. The van der Waals surface area contributed by atoms with E-state index in [1.165, 1.54) is 21.8 Å². The standard InChI is InChI=1S/C10H16N4O5S/c1-13-6-8(5-11-13)14(7-9-3-2-4-19-9)20(17,18)12-10(15)16/h5-6,9,12H,2-4,7H2,1H3,(H,15,16)/t9-/m0/s1. The van der Waals surface area contributed by atoms with Crippen molar-refractivity contribution in [2.75, 3.05) is 17.5 Å². The Kier molecular flexibility index (Phi) is 4.14. The van der Waals surface area contributed by atoms with Crippen LogP contribution in [0.15, 0.2) is 12.4 Å². The maximum Gasteiger partial charge on any atom is 0.419 e. The molecule has 1 aromatic heterocycles. The summed E-state index contributed by atoms with van der Waals surface area (Å²) in [5, 5.41) is 12.5. The zero-order valence-corrected chi connectivity index (χ0v) is 11.7. The predicted molar refractivity (Wildman–Crippen MR) is 69.6 cm³/mol. The van der Waals surface area contributed by atoms with E-state index < -0.39 is 16.3 Å². The third-order valence-electron chi connectivity index (χ3n) is 2.88. The minimum atomic E-state index is -4.20. The van der Waals surface area contributed by atoms with Crippen molar-refractivity contribution in [3.8, 4) is 0 Å². The van der Waals surface area contributed by atoms with E-state index in [4.69, 9.17) is 9.84 Å². The summed E-state index contributed by atoms with van der Waals surface area (Å²) < 4.78 is 33.5. The molecule has 112 valence electrons. The van der Waals surface area contributed by atoms with Crippen molar-refractivity contribution < 1.29 is 23.1 Å². The fraction of sp³-hybridized carbons (Fsp3) is 0.600. The first-order valence-corrected chi connectivity index (χ1v) is 7.46. The summed E-state index contributed by atoms with van der Waals surface area (Å²) in [5.74, 6) is 0. The fourth-order valence-corrected chi connectivity index (χ4v) is 3.08. The normalized spacial score (nSPS) is 18.9. The topological polar surface area (TPSA) is 114 Å². The van der Waals surface area contributed by atoms with Crippen LogP contribution in [0.5, 0.6) is 0 Å². The number of amides is 1. The second-order valence-electron chi connectivity index (χ2n) is 4.45. The predicted octanol–water partition coefficient (Wildman–Crippen LogP) is -0.0821. The number of aryl methyl sites for hydroxylation is 1. The van der Waals surface area contributed by atoms with Crippen molar-refractivity contribution in [2.45, 2.75) is 18.9 Å². The smallest absolute Gasteiger partial charge is 0.419 e. The highest BCUT2D eigenvalue weighted by molar-refractivity contribution is 7.91. The highest BCUT2D eigenvalue weighted by Gasteiger charge is 2.30. The molecule has 0 bridgehead atoms. The molecule has 1 aliphatic rings. The van der Waals surface area contributed by atoms with Crippen LogP contribution in [0.1, 0.15) is 12.8 Å². The van der Waals surface area contributed by atoms with E-state index in [9.17, 15) is 13.2 Å². The van der Waals surface area contributed by atoms with Gasteiger partial charge in [-0.3, -0.25) is 4.68 Å². The molecule has 2 N–H and O–H groups in total. The van der Waals surface area contributed by atoms with Gasteiger partial charge in [0.2, 0.25) is 0 Å². The van der Waals surface area contributed by atoms with Crippen LogP contribution in [0, 0.1) is 0 Å². The molecular formula is C10H16N4O5S. The van der Waals surface area contributed by atoms with Gasteiger partial charge in [0.1, 0.15) is 0 Å². The Morgan fingerprint density at radius 3 is 2.95 bits per heavy atom. The molecule has 1 saturated heterocycles. The molecule has 2 rings (SSSR count). The van der Waals surface area contributed by atoms with Crippen LogP contribution < -0.4 is 9.03 Å². The van der Waals surface area contributed by atoms with E-state index >= 15 is 0 Å². The molecule has 1 aromatic rings. The number of anilines is 1. The van der Waals surface area contributed by atoms with E-state index in [0.29, 0.717) is 6.61 Å². The van der Waals surface area contributed by atoms with Crippen molar-refractivity contribution >= 4 is 22.0 Å². The van der Waals surface area contributed by atoms with E-state index in [-0.39, 0.29) is 18.3 Å². The largest absolute Gasteiger partial charge is 0.464 e. The number of nitrogens with one attached hydrogen (secondary N) is 1. The Morgan fingerprint density at radius 1 is 1.70 bits per heavy atom. The first-order chi connectivity index (χ1) is 9.38. The van der Waals surface area contributed by atoms with Crippen LogP contribution in [0.3, 0.4) is 0 Å². The molecule has 0 unspecified atom stereocenters. The highest BCUT2D eigenvalue weighted by Crippen LogP contribution is 2.21. The van der Waals surface area contributed by atoms with Crippen LogP contribution in [-0.2, 0) is 22.0 Å². The average Bonchev–Trinajstić information content (AvgIpc) is 2.95. The van der Waals surface area contributed by atoms with E-state index in [1.54, 1.807) is 7.05 Å². The number of nitrogens with zero attached hydrogens (tertiary/aromatic N) is 3. The van der Waals surface area contributed by atoms with E-state index in [0.717, 1.165) is 17.1 Å². The van der Waals surface area contributed by atoms with Crippen molar-refractivity contribution in [1.29, 1.82) is 0 Å². The van der Waals surface area contributed by atoms with Gasteiger partial charge in [-0.05, 0) is 12.8 Å². The number of aromatic nitrogens is 2. The van der Waals surface area contributed by atoms with Crippen LogP contribution in [0.4, 0.5) is 10.5 Å². The van der Waals surface area contributed by atoms with Crippen molar-refractivity contribution in [1.82, 2.24) is 14.5 Å². The van der Waals surface area contributed by atoms with Crippen LogP contribution >= 0.6 is 0 Å². The van der Waals surface area contributed by atoms with E-state index in [1.807, 2.05) is 0 Å². The summed E-state index contributed by atoms with van der Waals surface area (Å²) in [5.41, 5.74) is 0.289. The fourth-order valence-electron chi connectivity index (χ4n) is 2.02. The molecule has 0 saturated carbocycles. The Balaban J connectivity index is 2.25. The lowest BCUT2D eigenvalue weighted by molar-refractivity contribution is 0.118. The lowest BCUT2D eigenvalue weighted by atomic mass is 10.2. The Labute approximate surface area is 116 Å². The Bertz CT molecular complexity index is 578. The monoisotopic (exact) mass is 304 g/mol. The molecule has 20 heavy (non-hydrogen) atoms. The zero-order chi connectivity index (χ0) is 14.8. The Morgan fingerprint density at radius 2 is 2.45 bits per heavy atom. The minimum Gasteiger partial charge on any atom is -0.464 e. The second kappa shape index (κ2) is 5.67. The first kappa shape index (κ1) is 14.6. The maximum absolute atomic E-state index is 12.1. The van der Waals surface area contributed by atoms with Gasteiger partial charge < -0.3 is 9.84 Å². The van der Waals surface area contributed by atoms with Gasteiger partial charge >= 0.3 is 16.3 Å². The number of hydrogen-bond acceptors (Lipinski definition) is 5. The van der Waals surface area contributed by atoms with Gasteiger partial charge in [-0.15, -0.1) is 0 Å². The number of carboxylic acid groups (broad SMARTS) is 1. The lowest BCUT2D eigenvalue weighted by Gasteiger charge is -2.24. The van der Waals surface area contributed by atoms with Crippen molar-refractivity contribution in [3.63, 3.8) is 0 Å². The summed E-state index contributed by atoms with van der Waals surface area (Å²) in [6, 6.07) is 0. The molecule has 0 radical (unpaired) electrons. The molecule has 1 atom stereocenters. The number of ether oxygens (including phenoxy) is 1. The molecule has 1 amide bonds. The first-order valence-electron chi connectivity index (χ1n) is 6.02. The maximum atomic E-state index is 12.1. The van der Waals surface area contributed by atoms with Gasteiger partial charge in [-0.1, -0.05) is 0 Å². The highest BCUT2D eigenvalue weighted by atomic mass is 32.2. The quantitative estimate of drug-likeness (QED) is 0.786. The molecule has 1 fully saturated rings. The summed E-state index contributed by atoms with van der Waals surface area (Å²) in [6.07, 6.45) is 2.57. The third kappa shape index (κ3) is 3.39. The molecule has 1 aliphatic heterocycles. The molecule has 2 heterocycles. The molecule has 10 heteroatoms. The molecular weight excluding hydrogens is 288 g/mol. The summed E-state index contributed by atoms with van der Waals surface area (Å²) >= 11 is 0. The summed E-state index contributed by atoms with van der Waals surface area (Å²) in [4.78, 5) is 10.6. The van der Waals surface area contributed by atoms with Gasteiger partial charge in [0, 0.05) is 19.9 Å². The SMILES string of the molecule is Cn1cc(N(C[C@@H]2CCCO2)S(=O)(=O)NC(=O)O)cn1. The van der Waals surface area contributed by atoms with Crippen LogP contribution in [-0.4, -0.2) is 48.7 Å². The van der Waals surface area contributed by atoms with Crippen molar-refractivity contribution in [2.24, 2.45) is 7.05 Å². The van der Waals surface area contributed by atoms with Gasteiger partial charge in [0.25, 0.3) is 0 Å². The zero-order valence-electron chi connectivity index (χ0n) is 10.9. The molecule has 0 aromatic carbocycles. The van der Waals surface area contributed by atoms with Gasteiger partial charge in [0.05, 0.1) is 24.5 Å². The molecule has 0 aliphatic carbocycles. The summed E-state index contributed by atoms with van der Waals surface area (Å²) in [6.45, 7) is 0.631. The Hall–Kier alpha value is -1.81. The van der Waals surface area contributed by atoms with Gasteiger partial charge in [0.15, 0.2) is 0 Å². The lowest BCUT2D eigenvalue weighted by Crippen LogP contribution is -2.46. The molecule has 9 nitrogen and oxygen atoms in total. The van der Waals surface area contributed by atoms with E-state index in [2.05, 4.69) is 5.10 Å². The summed E-state index contributed by atoms with van der Waals surface area (Å²) in [7, 11) is -2.55. The number of carbonyl (C=O) groups is 1. The van der Waals surface area contributed by atoms with Gasteiger partial charge in [-0.25, -0.2) is 13.8 Å². The molecule has 0 spiro atoms. The number of hydrogen-bond donors (Lipinski definition) is 2. The second-order valence-corrected chi connectivity index (χ2v) is 6.05. The van der Waals surface area contributed by atoms with Crippen molar-refractivity contribution in [3.05, 3.63) is 12.4 Å². The average molecular weight is 304 g/mol. The third-order valence-corrected chi connectivity index (χ3v) is 4.25. The minimum absolute atomic E-state index is 0.0499. The van der Waals surface area contributed by atoms with Crippen LogP contribution in [0.25, 0.3) is 0 Å². The van der Waals surface area contributed by atoms with Crippen LogP contribution in [0.2, 0.25) is 0 Å². The van der Waals surface area contributed by atoms with Gasteiger partial charge in [-0.2, -0.15) is 13.5 Å².